The maximum absolute atomic E-state index is 12.7. The van der Waals surface area contributed by atoms with E-state index in [1.807, 2.05) is 39.0 Å². The highest BCUT2D eigenvalue weighted by molar-refractivity contribution is 7.87. The first kappa shape index (κ1) is 18.6. The van der Waals surface area contributed by atoms with Crippen molar-refractivity contribution in [1.82, 2.24) is 14.0 Å². The molecule has 2 fully saturated rings. The average Bonchev–Trinajstić information content (AvgIpc) is 2.54. The number of hydrogen-bond donors (Lipinski definition) is 1. The number of ether oxygens (including phenoxy) is 1. The molecule has 2 aliphatic rings. The summed E-state index contributed by atoms with van der Waals surface area (Å²) in [6, 6.07) is 5.97. The lowest BCUT2D eigenvalue weighted by atomic mass is 10.1. The van der Waals surface area contributed by atoms with Gasteiger partial charge >= 0.3 is 0 Å². The first-order chi connectivity index (χ1) is 11.8. The fourth-order valence-electron chi connectivity index (χ4n) is 3.54. The smallest absolute Gasteiger partial charge is 0.279 e. The Labute approximate surface area is 150 Å². The minimum atomic E-state index is -3.47. The number of nitrogens with zero attached hydrogens (tertiary/aromatic N) is 3. The lowest BCUT2D eigenvalue weighted by Gasteiger charge is -2.37. The minimum absolute atomic E-state index is 0.0282. The van der Waals surface area contributed by atoms with Crippen LogP contribution < -0.4 is 9.62 Å². The predicted molar refractivity (Wildman–Crippen MR) is 97.8 cm³/mol. The van der Waals surface area contributed by atoms with E-state index in [9.17, 15) is 8.42 Å². The average molecular weight is 369 g/mol. The molecule has 0 amide bonds. The van der Waals surface area contributed by atoms with Gasteiger partial charge in [0, 0.05) is 37.9 Å². The molecule has 1 aromatic rings. The third-order valence-electron chi connectivity index (χ3n) is 4.73. The second-order valence-corrected chi connectivity index (χ2v) is 8.80. The number of morpholine rings is 1. The zero-order valence-corrected chi connectivity index (χ0v) is 16.0. The molecule has 25 heavy (non-hydrogen) atoms. The van der Waals surface area contributed by atoms with Crippen molar-refractivity contribution in [1.29, 1.82) is 0 Å². The van der Waals surface area contributed by atoms with Crippen molar-refractivity contribution in [3.05, 3.63) is 23.9 Å². The molecule has 0 radical (unpaired) electrons. The van der Waals surface area contributed by atoms with Gasteiger partial charge in [0.25, 0.3) is 10.2 Å². The Balaban J connectivity index is 1.56. The van der Waals surface area contributed by atoms with Gasteiger partial charge in [-0.3, -0.25) is 0 Å². The Morgan fingerprint density at radius 1 is 1.16 bits per heavy atom. The zero-order chi connectivity index (χ0) is 18.0. The maximum Gasteiger partial charge on any atom is 0.279 e. The van der Waals surface area contributed by atoms with E-state index < -0.39 is 10.2 Å². The van der Waals surface area contributed by atoms with Crippen LogP contribution in [0.2, 0.25) is 0 Å². The number of piperidine rings is 1. The number of aromatic nitrogens is 1. The van der Waals surface area contributed by atoms with Gasteiger partial charge in [0.15, 0.2) is 0 Å². The Hall–Kier alpha value is -1.22. The van der Waals surface area contributed by atoms with Gasteiger partial charge in [0.2, 0.25) is 0 Å². The normalized spacial score (nSPS) is 26.8. The summed E-state index contributed by atoms with van der Waals surface area (Å²) >= 11 is 0. The van der Waals surface area contributed by atoms with E-state index in [0.717, 1.165) is 37.4 Å². The molecule has 0 spiro atoms. The third-order valence-corrected chi connectivity index (χ3v) is 6.34. The molecule has 0 saturated carbocycles. The molecule has 3 heterocycles. The molecule has 1 aromatic heterocycles. The van der Waals surface area contributed by atoms with Gasteiger partial charge < -0.3 is 9.64 Å². The fourth-order valence-corrected chi connectivity index (χ4v) is 5.16. The molecule has 0 bridgehead atoms. The van der Waals surface area contributed by atoms with Gasteiger partial charge in [0.05, 0.1) is 12.2 Å². The van der Waals surface area contributed by atoms with E-state index in [1.165, 1.54) is 4.31 Å². The van der Waals surface area contributed by atoms with Crippen LogP contribution in [-0.2, 0) is 14.9 Å². The highest BCUT2D eigenvalue weighted by Crippen LogP contribution is 2.20. The lowest BCUT2D eigenvalue weighted by molar-refractivity contribution is -0.0444. The van der Waals surface area contributed by atoms with Crippen LogP contribution >= 0.6 is 0 Å². The van der Waals surface area contributed by atoms with Crippen molar-refractivity contribution < 1.29 is 13.2 Å². The van der Waals surface area contributed by atoms with E-state index >= 15 is 0 Å². The van der Waals surface area contributed by atoms with E-state index in [2.05, 4.69) is 14.6 Å². The van der Waals surface area contributed by atoms with Crippen LogP contribution in [0.5, 0.6) is 0 Å². The largest absolute Gasteiger partial charge is 0.373 e. The van der Waals surface area contributed by atoms with Crippen molar-refractivity contribution in [3.8, 4) is 0 Å². The molecular weight excluding hydrogens is 340 g/mol. The SMILES string of the molecule is Cc1cccc(N2CCC(NS(=O)(=O)N3CC(C)OC(C)C3)CC2)n1. The van der Waals surface area contributed by atoms with Crippen LogP contribution in [0, 0.1) is 6.92 Å². The summed E-state index contributed by atoms with van der Waals surface area (Å²) in [4.78, 5) is 6.77. The molecule has 0 aromatic carbocycles. The number of anilines is 1. The Morgan fingerprint density at radius 3 is 2.40 bits per heavy atom. The van der Waals surface area contributed by atoms with Crippen LogP contribution in [0.15, 0.2) is 18.2 Å². The molecule has 3 rings (SSSR count). The molecule has 2 saturated heterocycles. The maximum atomic E-state index is 12.7. The number of nitrogens with one attached hydrogen (secondary N) is 1. The van der Waals surface area contributed by atoms with Gasteiger partial charge in [0.1, 0.15) is 5.82 Å². The second-order valence-electron chi connectivity index (χ2n) is 7.10. The quantitative estimate of drug-likeness (QED) is 0.867. The minimum Gasteiger partial charge on any atom is -0.373 e. The molecule has 0 aliphatic carbocycles. The topological polar surface area (TPSA) is 74.8 Å². The van der Waals surface area contributed by atoms with Crippen LogP contribution in [0.4, 0.5) is 5.82 Å². The monoisotopic (exact) mass is 368 g/mol. The van der Waals surface area contributed by atoms with E-state index in [4.69, 9.17) is 4.74 Å². The fraction of sp³-hybridized carbons (Fsp3) is 0.706. The van der Waals surface area contributed by atoms with E-state index in [1.54, 1.807) is 0 Å². The first-order valence-electron chi connectivity index (χ1n) is 8.95. The highest BCUT2D eigenvalue weighted by atomic mass is 32.2. The third kappa shape index (κ3) is 4.69. The summed E-state index contributed by atoms with van der Waals surface area (Å²) in [6.07, 6.45) is 1.42. The first-order valence-corrected chi connectivity index (χ1v) is 10.4. The van der Waals surface area contributed by atoms with Crippen molar-refractivity contribution in [2.75, 3.05) is 31.1 Å². The summed E-state index contributed by atoms with van der Waals surface area (Å²) in [6.45, 7) is 8.22. The van der Waals surface area contributed by atoms with Gasteiger partial charge in [-0.25, -0.2) is 4.98 Å². The Bertz CT molecular complexity index is 679. The summed E-state index contributed by atoms with van der Waals surface area (Å²) in [5.74, 6) is 0.970. The van der Waals surface area contributed by atoms with Crippen LogP contribution in [0.1, 0.15) is 32.4 Å². The second kappa shape index (κ2) is 7.57. The number of hydrogen-bond acceptors (Lipinski definition) is 5. The van der Waals surface area contributed by atoms with Gasteiger partial charge in [-0.15, -0.1) is 0 Å². The molecule has 8 heteroatoms. The lowest BCUT2D eigenvalue weighted by Crippen LogP contribution is -2.55. The summed E-state index contributed by atoms with van der Waals surface area (Å²) in [5, 5.41) is 0. The van der Waals surface area contributed by atoms with Crippen molar-refractivity contribution in [3.63, 3.8) is 0 Å². The van der Waals surface area contributed by atoms with Crippen LogP contribution in [-0.4, -0.2) is 62.1 Å². The van der Waals surface area contributed by atoms with Crippen molar-refractivity contribution >= 4 is 16.0 Å². The summed E-state index contributed by atoms with van der Waals surface area (Å²) in [7, 11) is -3.47. The van der Waals surface area contributed by atoms with Crippen LogP contribution in [0.3, 0.4) is 0 Å². The summed E-state index contributed by atoms with van der Waals surface area (Å²) < 4.78 is 35.4. The predicted octanol–water partition coefficient (Wildman–Crippen LogP) is 1.30. The van der Waals surface area contributed by atoms with Gasteiger partial charge in [-0.1, -0.05) is 6.07 Å². The number of pyridine rings is 1. The van der Waals surface area contributed by atoms with Gasteiger partial charge in [-0.05, 0) is 45.7 Å². The van der Waals surface area contributed by atoms with E-state index in [-0.39, 0.29) is 18.2 Å². The molecule has 7 nitrogen and oxygen atoms in total. The van der Waals surface area contributed by atoms with Crippen LogP contribution in [0.25, 0.3) is 0 Å². The standard InChI is InChI=1S/C17H28N4O3S/c1-13-5-4-6-17(18-13)20-9-7-16(8-10-20)19-25(22,23)21-11-14(2)24-15(3)12-21/h4-6,14-16,19H,7-12H2,1-3H3. The van der Waals surface area contributed by atoms with Crippen molar-refractivity contribution in [2.24, 2.45) is 0 Å². The summed E-state index contributed by atoms with van der Waals surface area (Å²) in [5.41, 5.74) is 0.996. The molecule has 2 atom stereocenters. The Morgan fingerprint density at radius 2 is 1.80 bits per heavy atom. The Kier molecular flexibility index (Phi) is 5.62. The highest BCUT2D eigenvalue weighted by Gasteiger charge is 2.33. The zero-order valence-electron chi connectivity index (χ0n) is 15.2. The molecule has 140 valence electrons. The molecular formula is C17H28N4O3S. The number of rotatable bonds is 4. The number of aryl methyl sites for hydroxylation is 1. The molecule has 1 N–H and O–H groups in total. The molecule has 2 aliphatic heterocycles. The van der Waals surface area contributed by atoms with Crippen molar-refractivity contribution in [2.45, 2.75) is 51.9 Å². The van der Waals surface area contributed by atoms with Gasteiger partial charge in [-0.2, -0.15) is 17.4 Å². The molecule has 2 unspecified atom stereocenters. The van der Waals surface area contributed by atoms with E-state index in [0.29, 0.717) is 13.1 Å².